The molecule has 0 saturated carbocycles. The molecule has 0 amide bonds. The highest BCUT2D eigenvalue weighted by Crippen LogP contribution is 2.22. The van der Waals surface area contributed by atoms with Crippen LogP contribution in [0, 0.1) is 0 Å². The maximum Gasteiger partial charge on any atom is 0.327 e. The van der Waals surface area contributed by atoms with Gasteiger partial charge < -0.3 is 4.74 Å². The van der Waals surface area contributed by atoms with Crippen LogP contribution in [0.15, 0.2) is 24.3 Å². The Morgan fingerprint density at radius 1 is 0.944 bits per heavy atom. The SMILES string of the molecule is CC(C)c1ccc(Oc2nc(Cl)nc(Cl)n2)cc1. The van der Waals surface area contributed by atoms with Crippen molar-refractivity contribution in [1.29, 1.82) is 0 Å². The summed E-state index contributed by atoms with van der Waals surface area (Å²) in [5.74, 6) is 1.10. The summed E-state index contributed by atoms with van der Waals surface area (Å²) < 4.78 is 5.44. The number of halogens is 2. The number of ether oxygens (including phenoxy) is 1. The smallest absolute Gasteiger partial charge is 0.327 e. The summed E-state index contributed by atoms with van der Waals surface area (Å²) in [6.45, 7) is 4.25. The van der Waals surface area contributed by atoms with Gasteiger partial charge in [0.2, 0.25) is 10.6 Å². The van der Waals surface area contributed by atoms with E-state index in [1.54, 1.807) is 0 Å². The third kappa shape index (κ3) is 3.31. The molecule has 1 aromatic carbocycles. The van der Waals surface area contributed by atoms with Crippen molar-refractivity contribution in [2.75, 3.05) is 0 Å². The van der Waals surface area contributed by atoms with Gasteiger partial charge in [-0.25, -0.2) is 0 Å². The minimum absolute atomic E-state index is 0.00352. The van der Waals surface area contributed by atoms with Gasteiger partial charge >= 0.3 is 6.01 Å². The van der Waals surface area contributed by atoms with Crippen molar-refractivity contribution in [2.24, 2.45) is 0 Å². The largest absolute Gasteiger partial charge is 0.424 e. The van der Waals surface area contributed by atoms with Gasteiger partial charge in [-0.2, -0.15) is 15.0 Å². The van der Waals surface area contributed by atoms with Crippen LogP contribution in [0.25, 0.3) is 0 Å². The van der Waals surface area contributed by atoms with Gasteiger partial charge in [-0.1, -0.05) is 26.0 Å². The van der Waals surface area contributed by atoms with Crippen molar-refractivity contribution in [1.82, 2.24) is 15.0 Å². The highest BCUT2D eigenvalue weighted by molar-refractivity contribution is 6.31. The maximum absolute atomic E-state index is 5.66. The topological polar surface area (TPSA) is 47.9 Å². The number of hydrogen-bond donors (Lipinski definition) is 0. The summed E-state index contributed by atoms with van der Waals surface area (Å²) in [4.78, 5) is 11.3. The van der Waals surface area contributed by atoms with Crippen molar-refractivity contribution >= 4 is 23.2 Å². The molecule has 0 bridgehead atoms. The van der Waals surface area contributed by atoms with E-state index in [4.69, 9.17) is 27.9 Å². The average molecular weight is 284 g/mol. The standard InChI is InChI=1S/C12H11Cl2N3O/c1-7(2)8-3-5-9(6-4-8)18-12-16-10(13)15-11(14)17-12/h3-7H,1-2H3. The van der Waals surface area contributed by atoms with E-state index in [9.17, 15) is 0 Å². The molecule has 0 N–H and O–H groups in total. The molecule has 94 valence electrons. The van der Waals surface area contributed by atoms with E-state index < -0.39 is 0 Å². The fourth-order valence-electron chi connectivity index (χ4n) is 1.38. The lowest BCUT2D eigenvalue weighted by atomic mass is 10.0. The Kier molecular flexibility index (Phi) is 3.99. The third-order valence-electron chi connectivity index (χ3n) is 2.32. The van der Waals surface area contributed by atoms with Crippen LogP contribution in [0.1, 0.15) is 25.3 Å². The van der Waals surface area contributed by atoms with Gasteiger partial charge in [-0.15, -0.1) is 0 Å². The first kappa shape index (κ1) is 13.1. The maximum atomic E-state index is 5.66. The summed E-state index contributed by atoms with van der Waals surface area (Å²) in [6.07, 6.45) is 0. The average Bonchev–Trinajstić information content (AvgIpc) is 2.28. The van der Waals surface area contributed by atoms with Crippen LogP contribution in [0.5, 0.6) is 11.8 Å². The molecule has 0 spiro atoms. The molecule has 0 aliphatic rings. The minimum Gasteiger partial charge on any atom is -0.424 e. The fourth-order valence-corrected chi connectivity index (χ4v) is 1.73. The van der Waals surface area contributed by atoms with Gasteiger partial charge in [0.25, 0.3) is 0 Å². The zero-order valence-electron chi connectivity index (χ0n) is 9.89. The first-order valence-corrected chi connectivity index (χ1v) is 6.15. The minimum atomic E-state index is 0.00352. The van der Waals surface area contributed by atoms with Gasteiger partial charge in [0.1, 0.15) is 5.75 Å². The lowest BCUT2D eigenvalue weighted by molar-refractivity contribution is 0.439. The van der Waals surface area contributed by atoms with E-state index in [0.29, 0.717) is 11.7 Å². The van der Waals surface area contributed by atoms with Gasteiger partial charge in [0.05, 0.1) is 0 Å². The molecular weight excluding hydrogens is 273 g/mol. The Balaban J connectivity index is 2.18. The molecule has 2 rings (SSSR count). The van der Waals surface area contributed by atoms with E-state index in [0.717, 1.165) is 0 Å². The van der Waals surface area contributed by atoms with E-state index in [2.05, 4.69) is 28.8 Å². The number of nitrogens with zero attached hydrogens (tertiary/aromatic N) is 3. The Morgan fingerprint density at radius 2 is 1.50 bits per heavy atom. The molecule has 0 unspecified atom stereocenters. The Bertz CT molecular complexity index is 523. The summed E-state index contributed by atoms with van der Waals surface area (Å²) in [7, 11) is 0. The quantitative estimate of drug-likeness (QED) is 0.851. The molecule has 0 saturated heterocycles. The zero-order valence-corrected chi connectivity index (χ0v) is 11.4. The number of aromatic nitrogens is 3. The van der Waals surface area contributed by atoms with Crippen LogP contribution < -0.4 is 4.74 Å². The van der Waals surface area contributed by atoms with Crippen molar-refractivity contribution in [3.63, 3.8) is 0 Å². The normalized spacial score (nSPS) is 10.7. The second-order valence-electron chi connectivity index (χ2n) is 3.98. The van der Waals surface area contributed by atoms with E-state index in [-0.39, 0.29) is 16.6 Å². The van der Waals surface area contributed by atoms with Crippen LogP contribution in [0.2, 0.25) is 10.6 Å². The molecule has 2 aromatic rings. The lowest BCUT2D eigenvalue weighted by Crippen LogP contribution is -1.95. The number of hydrogen-bond acceptors (Lipinski definition) is 4. The van der Waals surface area contributed by atoms with Crippen LogP contribution >= 0.6 is 23.2 Å². The molecular formula is C12H11Cl2N3O. The van der Waals surface area contributed by atoms with E-state index in [1.807, 2.05) is 24.3 Å². The molecule has 6 heteroatoms. The molecule has 0 atom stereocenters. The summed E-state index contributed by atoms with van der Waals surface area (Å²) >= 11 is 11.3. The van der Waals surface area contributed by atoms with Gasteiger partial charge in [-0.3, -0.25) is 0 Å². The van der Waals surface area contributed by atoms with E-state index >= 15 is 0 Å². The van der Waals surface area contributed by atoms with E-state index in [1.165, 1.54) is 5.56 Å². The monoisotopic (exact) mass is 283 g/mol. The fraction of sp³-hybridized carbons (Fsp3) is 0.250. The Morgan fingerprint density at radius 3 is 2.00 bits per heavy atom. The van der Waals surface area contributed by atoms with Crippen LogP contribution in [-0.4, -0.2) is 15.0 Å². The second kappa shape index (κ2) is 5.50. The molecule has 0 aliphatic carbocycles. The molecule has 0 aliphatic heterocycles. The molecule has 1 heterocycles. The Hall–Kier alpha value is -1.39. The first-order valence-electron chi connectivity index (χ1n) is 5.39. The van der Waals surface area contributed by atoms with Crippen molar-refractivity contribution in [2.45, 2.75) is 19.8 Å². The predicted octanol–water partition coefficient (Wildman–Crippen LogP) is 4.09. The van der Waals surface area contributed by atoms with Gasteiger partial charge in [0.15, 0.2) is 0 Å². The molecule has 0 radical (unpaired) electrons. The number of rotatable bonds is 3. The van der Waals surface area contributed by atoms with Crippen LogP contribution in [0.3, 0.4) is 0 Å². The van der Waals surface area contributed by atoms with Crippen molar-refractivity contribution in [3.8, 4) is 11.8 Å². The van der Waals surface area contributed by atoms with Crippen molar-refractivity contribution < 1.29 is 4.74 Å². The molecule has 1 aromatic heterocycles. The lowest BCUT2D eigenvalue weighted by Gasteiger charge is -2.07. The van der Waals surface area contributed by atoms with Crippen molar-refractivity contribution in [3.05, 3.63) is 40.4 Å². The number of benzene rings is 1. The molecule has 4 nitrogen and oxygen atoms in total. The molecule has 0 fully saturated rings. The molecule has 18 heavy (non-hydrogen) atoms. The van der Waals surface area contributed by atoms with Gasteiger partial charge in [-0.05, 0) is 46.8 Å². The van der Waals surface area contributed by atoms with Crippen LogP contribution in [0.4, 0.5) is 0 Å². The highest BCUT2D eigenvalue weighted by atomic mass is 35.5. The summed E-state index contributed by atoms with van der Waals surface area (Å²) in [5, 5.41) is 0.00704. The second-order valence-corrected chi connectivity index (χ2v) is 4.66. The summed E-state index contributed by atoms with van der Waals surface area (Å²) in [5.41, 5.74) is 1.23. The highest BCUT2D eigenvalue weighted by Gasteiger charge is 2.06. The summed E-state index contributed by atoms with van der Waals surface area (Å²) in [6, 6.07) is 7.76. The third-order valence-corrected chi connectivity index (χ3v) is 2.65. The zero-order chi connectivity index (χ0) is 13.1. The Labute approximate surface area is 115 Å². The van der Waals surface area contributed by atoms with Gasteiger partial charge in [0, 0.05) is 0 Å². The van der Waals surface area contributed by atoms with Crippen LogP contribution in [-0.2, 0) is 0 Å². The first-order chi connectivity index (χ1) is 8.54. The predicted molar refractivity (Wildman–Crippen MR) is 70.5 cm³/mol.